The van der Waals surface area contributed by atoms with Gasteiger partial charge in [0.1, 0.15) is 6.04 Å². The number of carboxylic acid groups (broad SMARTS) is 1. The highest BCUT2D eigenvalue weighted by atomic mass is 16.4. The van der Waals surface area contributed by atoms with E-state index in [1.807, 2.05) is 6.92 Å². The molecule has 1 heterocycles. The summed E-state index contributed by atoms with van der Waals surface area (Å²) in [6.45, 7) is 2.94. The zero-order chi connectivity index (χ0) is 13.4. The van der Waals surface area contributed by atoms with Crippen LogP contribution in [0.5, 0.6) is 0 Å². The summed E-state index contributed by atoms with van der Waals surface area (Å²) in [6, 6.07) is -0.319. The quantitative estimate of drug-likeness (QED) is 0.641. The number of carbonyl (C=O) groups is 2. The van der Waals surface area contributed by atoms with Crippen molar-refractivity contribution in [3.8, 4) is 0 Å². The van der Waals surface area contributed by atoms with Gasteiger partial charge in [-0.1, -0.05) is 19.8 Å². The molecule has 0 saturated carbocycles. The van der Waals surface area contributed by atoms with Gasteiger partial charge in [0.15, 0.2) is 0 Å². The van der Waals surface area contributed by atoms with Crippen LogP contribution in [0.15, 0.2) is 0 Å². The Bertz CT molecular complexity index is 275. The van der Waals surface area contributed by atoms with Crippen molar-refractivity contribution in [2.24, 2.45) is 0 Å². The van der Waals surface area contributed by atoms with E-state index in [4.69, 9.17) is 5.11 Å². The zero-order valence-corrected chi connectivity index (χ0v) is 11.1. The van der Waals surface area contributed by atoms with Gasteiger partial charge in [-0.15, -0.1) is 0 Å². The first kappa shape index (κ1) is 15.0. The second-order valence-electron chi connectivity index (χ2n) is 4.93. The molecule has 1 saturated heterocycles. The SMILES string of the molecule is CCCC(NC(=O)CCC1CCCCN1)C(=O)O. The van der Waals surface area contributed by atoms with Crippen LogP contribution in [0.1, 0.15) is 51.9 Å². The highest BCUT2D eigenvalue weighted by molar-refractivity contribution is 5.83. The lowest BCUT2D eigenvalue weighted by Crippen LogP contribution is -2.41. The van der Waals surface area contributed by atoms with E-state index in [1.165, 1.54) is 12.8 Å². The van der Waals surface area contributed by atoms with Crippen LogP contribution in [0.4, 0.5) is 0 Å². The van der Waals surface area contributed by atoms with Gasteiger partial charge in [0.25, 0.3) is 0 Å². The molecule has 1 fully saturated rings. The maximum Gasteiger partial charge on any atom is 0.326 e. The Hall–Kier alpha value is -1.10. The van der Waals surface area contributed by atoms with Crippen molar-refractivity contribution >= 4 is 11.9 Å². The van der Waals surface area contributed by atoms with E-state index in [2.05, 4.69) is 10.6 Å². The molecule has 18 heavy (non-hydrogen) atoms. The molecule has 0 aromatic rings. The molecule has 5 nitrogen and oxygen atoms in total. The number of aliphatic carboxylic acids is 1. The smallest absolute Gasteiger partial charge is 0.326 e. The number of hydrogen-bond acceptors (Lipinski definition) is 3. The third-order valence-electron chi connectivity index (χ3n) is 3.34. The average Bonchev–Trinajstić information content (AvgIpc) is 2.37. The normalized spacial score (nSPS) is 21.3. The maximum absolute atomic E-state index is 11.7. The lowest BCUT2D eigenvalue weighted by atomic mass is 10.0. The van der Waals surface area contributed by atoms with Gasteiger partial charge in [-0.3, -0.25) is 4.79 Å². The number of piperidine rings is 1. The summed E-state index contributed by atoms with van der Waals surface area (Å²) in [6.07, 6.45) is 5.98. The van der Waals surface area contributed by atoms with Gasteiger partial charge in [0, 0.05) is 12.5 Å². The number of amides is 1. The van der Waals surface area contributed by atoms with Crippen molar-refractivity contribution in [1.29, 1.82) is 0 Å². The average molecular weight is 256 g/mol. The molecule has 1 aliphatic heterocycles. The molecule has 2 atom stereocenters. The molecule has 0 aromatic carbocycles. The van der Waals surface area contributed by atoms with E-state index >= 15 is 0 Å². The first-order valence-electron chi connectivity index (χ1n) is 6.89. The molecule has 1 aliphatic rings. The van der Waals surface area contributed by atoms with Crippen LogP contribution in [0.2, 0.25) is 0 Å². The fourth-order valence-corrected chi connectivity index (χ4v) is 2.29. The zero-order valence-electron chi connectivity index (χ0n) is 11.1. The molecule has 0 aromatic heterocycles. The molecular weight excluding hydrogens is 232 g/mol. The van der Waals surface area contributed by atoms with Crippen molar-refractivity contribution in [2.75, 3.05) is 6.54 Å². The highest BCUT2D eigenvalue weighted by Gasteiger charge is 2.20. The van der Waals surface area contributed by atoms with E-state index in [0.29, 0.717) is 18.9 Å². The minimum atomic E-state index is -0.944. The highest BCUT2D eigenvalue weighted by Crippen LogP contribution is 2.11. The van der Waals surface area contributed by atoms with Gasteiger partial charge in [-0.05, 0) is 32.2 Å². The van der Waals surface area contributed by atoms with Crippen molar-refractivity contribution in [2.45, 2.75) is 64.0 Å². The summed E-state index contributed by atoms with van der Waals surface area (Å²) in [7, 11) is 0. The molecular formula is C13H24N2O3. The molecule has 3 N–H and O–H groups in total. The second-order valence-corrected chi connectivity index (χ2v) is 4.93. The van der Waals surface area contributed by atoms with Gasteiger partial charge in [-0.2, -0.15) is 0 Å². The molecule has 0 radical (unpaired) electrons. The van der Waals surface area contributed by atoms with Gasteiger partial charge in [0.2, 0.25) is 5.91 Å². The fourth-order valence-electron chi connectivity index (χ4n) is 2.29. The Balaban J connectivity index is 2.24. The van der Waals surface area contributed by atoms with Crippen molar-refractivity contribution < 1.29 is 14.7 Å². The van der Waals surface area contributed by atoms with E-state index in [9.17, 15) is 9.59 Å². The Morgan fingerprint density at radius 3 is 2.78 bits per heavy atom. The van der Waals surface area contributed by atoms with E-state index in [1.54, 1.807) is 0 Å². The van der Waals surface area contributed by atoms with E-state index < -0.39 is 12.0 Å². The van der Waals surface area contributed by atoms with Crippen LogP contribution in [-0.2, 0) is 9.59 Å². The van der Waals surface area contributed by atoms with Crippen LogP contribution in [0, 0.1) is 0 Å². The molecule has 0 aliphatic carbocycles. The van der Waals surface area contributed by atoms with Crippen LogP contribution in [0.3, 0.4) is 0 Å². The first-order valence-corrected chi connectivity index (χ1v) is 6.89. The van der Waals surface area contributed by atoms with Crippen LogP contribution < -0.4 is 10.6 Å². The summed E-state index contributed by atoms with van der Waals surface area (Å²) in [5.41, 5.74) is 0. The summed E-state index contributed by atoms with van der Waals surface area (Å²) in [4.78, 5) is 22.6. The largest absolute Gasteiger partial charge is 0.480 e. The standard InChI is InChI=1S/C13H24N2O3/c1-2-5-11(13(17)18)15-12(16)8-7-10-6-3-4-9-14-10/h10-11,14H,2-9H2,1H3,(H,15,16)(H,17,18). The number of carbonyl (C=O) groups excluding carboxylic acids is 1. The van der Waals surface area contributed by atoms with Crippen LogP contribution in [-0.4, -0.2) is 35.6 Å². The lowest BCUT2D eigenvalue weighted by Gasteiger charge is -2.23. The second kappa shape index (κ2) is 8.08. The summed E-state index contributed by atoms with van der Waals surface area (Å²) in [5.74, 6) is -1.09. The first-order chi connectivity index (χ1) is 8.63. The third kappa shape index (κ3) is 5.49. The van der Waals surface area contributed by atoms with Crippen molar-refractivity contribution in [3.63, 3.8) is 0 Å². The molecule has 104 valence electrons. The van der Waals surface area contributed by atoms with Gasteiger partial charge < -0.3 is 15.7 Å². The lowest BCUT2D eigenvalue weighted by molar-refractivity contribution is -0.142. The maximum atomic E-state index is 11.7. The Morgan fingerprint density at radius 1 is 1.44 bits per heavy atom. The van der Waals surface area contributed by atoms with Crippen molar-refractivity contribution in [1.82, 2.24) is 10.6 Å². The molecule has 1 amide bonds. The molecule has 0 bridgehead atoms. The van der Waals surface area contributed by atoms with Crippen LogP contribution >= 0.6 is 0 Å². The van der Waals surface area contributed by atoms with Gasteiger partial charge in [-0.25, -0.2) is 4.79 Å². The molecule has 5 heteroatoms. The topological polar surface area (TPSA) is 78.4 Å². The predicted octanol–water partition coefficient (Wildman–Crippen LogP) is 1.28. The minimum absolute atomic E-state index is 0.150. The number of carboxylic acids is 1. The van der Waals surface area contributed by atoms with Crippen LogP contribution in [0.25, 0.3) is 0 Å². The minimum Gasteiger partial charge on any atom is -0.480 e. The number of rotatable bonds is 7. The van der Waals surface area contributed by atoms with Gasteiger partial charge in [0.05, 0.1) is 0 Å². The number of hydrogen-bond donors (Lipinski definition) is 3. The molecule has 2 unspecified atom stereocenters. The van der Waals surface area contributed by atoms with Gasteiger partial charge >= 0.3 is 5.97 Å². The van der Waals surface area contributed by atoms with Crippen molar-refractivity contribution in [3.05, 3.63) is 0 Å². The summed E-state index contributed by atoms with van der Waals surface area (Å²) in [5, 5.41) is 14.9. The summed E-state index contributed by atoms with van der Waals surface area (Å²) < 4.78 is 0. The third-order valence-corrected chi connectivity index (χ3v) is 3.34. The molecule has 1 rings (SSSR count). The fraction of sp³-hybridized carbons (Fsp3) is 0.846. The van der Waals surface area contributed by atoms with E-state index in [-0.39, 0.29) is 5.91 Å². The monoisotopic (exact) mass is 256 g/mol. The Kier molecular flexibility index (Phi) is 6.72. The summed E-state index contributed by atoms with van der Waals surface area (Å²) >= 11 is 0. The predicted molar refractivity (Wildman–Crippen MR) is 69.4 cm³/mol. The molecule has 0 spiro atoms. The number of nitrogens with one attached hydrogen (secondary N) is 2. The Morgan fingerprint density at radius 2 is 2.22 bits per heavy atom. The van der Waals surface area contributed by atoms with E-state index in [0.717, 1.165) is 25.8 Å². The Labute approximate surface area is 108 Å².